The van der Waals surface area contributed by atoms with Gasteiger partial charge in [0.05, 0.1) is 11.4 Å². The third kappa shape index (κ3) is 2.63. The van der Waals surface area contributed by atoms with Gasteiger partial charge in [-0.1, -0.05) is 67.6 Å². The molecule has 3 aromatic carbocycles. The summed E-state index contributed by atoms with van der Waals surface area (Å²) in [6.45, 7) is 4.29. The maximum absolute atomic E-state index is 12.7. The van der Waals surface area contributed by atoms with Crippen LogP contribution in [0, 0.1) is 0 Å². The van der Waals surface area contributed by atoms with Gasteiger partial charge in [-0.15, -0.1) is 0 Å². The van der Waals surface area contributed by atoms with Crippen molar-refractivity contribution < 1.29 is 5.21 Å². The van der Waals surface area contributed by atoms with Crippen LogP contribution in [0.4, 0.5) is 11.4 Å². The summed E-state index contributed by atoms with van der Waals surface area (Å²) < 4.78 is 0. The fourth-order valence-electron chi connectivity index (χ4n) is 2.52. The Morgan fingerprint density at radius 1 is 0.810 bits per heavy atom. The van der Waals surface area contributed by atoms with Crippen molar-refractivity contribution in [2.45, 2.75) is 19.8 Å². The monoisotopic (exact) mass is 276 g/mol. The van der Waals surface area contributed by atoms with Gasteiger partial charge in [0, 0.05) is 5.39 Å². The van der Waals surface area contributed by atoms with E-state index in [9.17, 15) is 5.21 Å². The van der Waals surface area contributed by atoms with Gasteiger partial charge in [0.1, 0.15) is 0 Å². The zero-order valence-electron chi connectivity index (χ0n) is 12.3. The fourth-order valence-corrected chi connectivity index (χ4v) is 2.52. The molecule has 0 saturated heterocycles. The number of anilines is 2. The number of hydrogen-bond acceptors (Lipinski definition) is 1. The van der Waals surface area contributed by atoms with E-state index in [1.54, 1.807) is 0 Å². The van der Waals surface area contributed by atoms with Crippen molar-refractivity contribution in [1.82, 2.24) is 0 Å². The Morgan fingerprint density at radius 3 is 2.19 bits per heavy atom. The van der Waals surface area contributed by atoms with Crippen LogP contribution >= 0.6 is 0 Å². The molecule has 0 bridgehead atoms. The van der Waals surface area contributed by atoms with Gasteiger partial charge in [-0.05, 0) is 35.1 Å². The second-order valence-electron chi connectivity index (χ2n) is 5.54. The second-order valence-corrected chi connectivity index (χ2v) is 5.54. The van der Waals surface area contributed by atoms with Crippen molar-refractivity contribution in [3.63, 3.8) is 0 Å². The summed E-state index contributed by atoms with van der Waals surface area (Å²) in [5.74, 6) is 0.469. The Balaban J connectivity index is 2.02. The van der Waals surface area contributed by atoms with Crippen LogP contribution < -0.4 is 5.06 Å². The molecule has 0 saturated carbocycles. The molecule has 2 heteroatoms. The Hall–Kier alpha value is -2.32. The van der Waals surface area contributed by atoms with E-state index in [4.69, 9.17) is 0 Å². The van der Waals surface area contributed by atoms with Crippen molar-refractivity contribution >= 4 is 22.1 Å². The molecule has 0 spiro atoms. The number of nitrogens with zero attached hydrogens (tertiary/aromatic N) is 1. The molecule has 3 rings (SSSR count). The molecule has 0 aromatic heterocycles. The van der Waals surface area contributed by atoms with E-state index in [2.05, 4.69) is 13.8 Å². The first-order valence-electron chi connectivity index (χ1n) is 7.22. The molecule has 3 aromatic rings. The minimum absolute atomic E-state index is 0.469. The summed E-state index contributed by atoms with van der Waals surface area (Å²) in [5.41, 5.74) is 2.59. The van der Waals surface area contributed by atoms with Crippen LogP contribution in [0.2, 0.25) is 0 Å². The highest BCUT2D eigenvalue weighted by Gasteiger charge is 2.11. The number of fused-ring (bicyclic) bond motifs is 1. The molecular weight excluding hydrogens is 258 g/mol. The predicted octanol–water partition coefficient (Wildman–Crippen LogP) is 5.45. The maximum atomic E-state index is 12.7. The lowest BCUT2D eigenvalue weighted by Crippen LogP contribution is -2.08. The maximum Gasteiger partial charge on any atom is 0.0805 e. The quantitative estimate of drug-likeness (QED) is 0.583. The Kier molecular flexibility index (Phi) is 3.63. The molecule has 0 fully saturated rings. The highest BCUT2D eigenvalue weighted by atomic mass is 16.5. The number of hydrogen-bond donors (Lipinski definition) is 0. The van der Waals surface area contributed by atoms with Crippen molar-refractivity contribution in [2.75, 3.05) is 5.06 Å². The van der Waals surface area contributed by atoms with Gasteiger partial charge in [0.2, 0.25) is 0 Å². The molecule has 2 nitrogen and oxygen atoms in total. The summed E-state index contributed by atoms with van der Waals surface area (Å²) in [6.07, 6.45) is 0. The lowest BCUT2D eigenvalue weighted by molar-refractivity contribution is 0.197. The number of benzene rings is 3. The minimum Gasteiger partial charge on any atom is -0.188 e. The predicted molar refractivity (Wildman–Crippen MR) is 87.3 cm³/mol. The van der Waals surface area contributed by atoms with E-state index in [0.717, 1.165) is 15.8 Å². The van der Waals surface area contributed by atoms with E-state index >= 15 is 0 Å². The van der Waals surface area contributed by atoms with Gasteiger partial charge in [0.25, 0.3) is 0 Å². The molecule has 0 aliphatic carbocycles. The molecule has 0 amide bonds. The molecule has 105 valence electrons. The van der Waals surface area contributed by atoms with Crippen LogP contribution in [0.5, 0.6) is 0 Å². The minimum atomic E-state index is 0.469. The largest absolute Gasteiger partial charge is 0.188 e. The fraction of sp³-hybridized carbons (Fsp3) is 0.158. The average molecular weight is 276 g/mol. The SMILES string of the molecule is CC(C)c1ccc(N([O])c2cccc3ccccc23)cc1. The molecule has 0 aliphatic rings. The smallest absolute Gasteiger partial charge is 0.0805 e. The lowest BCUT2D eigenvalue weighted by atomic mass is 10.0. The average Bonchev–Trinajstić information content (AvgIpc) is 2.53. The van der Waals surface area contributed by atoms with Crippen LogP contribution in [-0.2, 0) is 5.21 Å². The molecule has 0 heterocycles. The normalized spacial score (nSPS) is 11.0. The summed E-state index contributed by atoms with van der Waals surface area (Å²) >= 11 is 0. The first kappa shape index (κ1) is 13.7. The summed E-state index contributed by atoms with van der Waals surface area (Å²) in [6, 6.07) is 21.6. The van der Waals surface area contributed by atoms with Gasteiger partial charge in [-0.2, -0.15) is 5.06 Å². The zero-order valence-corrected chi connectivity index (χ0v) is 12.3. The zero-order chi connectivity index (χ0) is 14.8. The van der Waals surface area contributed by atoms with Crippen molar-refractivity contribution in [3.05, 3.63) is 72.3 Å². The van der Waals surface area contributed by atoms with Crippen LogP contribution in [0.3, 0.4) is 0 Å². The van der Waals surface area contributed by atoms with Crippen molar-refractivity contribution in [2.24, 2.45) is 0 Å². The van der Waals surface area contributed by atoms with Gasteiger partial charge >= 0.3 is 0 Å². The summed E-state index contributed by atoms with van der Waals surface area (Å²) in [4.78, 5) is 0. The van der Waals surface area contributed by atoms with E-state index in [-0.39, 0.29) is 0 Å². The van der Waals surface area contributed by atoms with Crippen LogP contribution in [0.1, 0.15) is 25.3 Å². The third-order valence-corrected chi connectivity index (χ3v) is 3.78. The Bertz CT molecular complexity index is 742. The summed E-state index contributed by atoms with van der Waals surface area (Å²) in [7, 11) is 0. The first-order chi connectivity index (χ1) is 10.2. The highest BCUT2D eigenvalue weighted by molar-refractivity contribution is 5.95. The second kappa shape index (κ2) is 5.58. The van der Waals surface area contributed by atoms with Crippen LogP contribution in [0.25, 0.3) is 10.8 Å². The van der Waals surface area contributed by atoms with Crippen molar-refractivity contribution in [3.8, 4) is 0 Å². The Labute approximate surface area is 125 Å². The molecule has 0 N–H and O–H groups in total. The summed E-state index contributed by atoms with van der Waals surface area (Å²) in [5, 5.41) is 15.7. The van der Waals surface area contributed by atoms with Gasteiger partial charge in [-0.25, -0.2) is 0 Å². The molecule has 0 atom stereocenters. The van der Waals surface area contributed by atoms with Crippen LogP contribution in [0.15, 0.2) is 66.7 Å². The molecule has 1 radical (unpaired) electrons. The van der Waals surface area contributed by atoms with E-state index in [0.29, 0.717) is 17.3 Å². The molecule has 0 aliphatic heterocycles. The van der Waals surface area contributed by atoms with E-state index < -0.39 is 0 Å². The molecule has 21 heavy (non-hydrogen) atoms. The highest BCUT2D eigenvalue weighted by Crippen LogP contribution is 2.31. The Morgan fingerprint density at radius 2 is 1.48 bits per heavy atom. The third-order valence-electron chi connectivity index (χ3n) is 3.78. The first-order valence-corrected chi connectivity index (χ1v) is 7.22. The van der Waals surface area contributed by atoms with E-state index in [1.165, 1.54) is 5.56 Å². The van der Waals surface area contributed by atoms with Crippen LogP contribution in [-0.4, -0.2) is 0 Å². The molecule has 0 unspecified atom stereocenters. The lowest BCUT2D eigenvalue weighted by Gasteiger charge is -2.17. The van der Waals surface area contributed by atoms with Crippen molar-refractivity contribution in [1.29, 1.82) is 0 Å². The topological polar surface area (TPSA) is 23.1 Å². The van der Waals surface area contributed by atoms with Gasteiger partial charge < -0.3 is 0 Å². The van der Waals surface area contributed by atoms with E-state index in [1.807, 2.05) is 66.7 Å². The number of rotatable bonds is 3. The van der Waals surface area contributed by atoms with Gasteiger partial charge in [-0.3, -0.25) is 0 Å². The standard InChI is InChI=1S/C19H18NO/c1-14(2)15-10-12-17(13-11-15)20(21)19-9-5-7-16-6-3-4-8-18(16)19/h3-14H,1-2H3. The van der Waals surface area contributed by atoms with Gasteiger partial charge in [0.15, 0.2) is 0 Å². The molecular formula is C19H18NO.